The first kappa shape index (κ1) is 13.0. The maximum atomic E-state index is 4.65. The fourth-order valence-corrected chi connectivity index (χ4v) is 1.76. The fraction of sp³-hybridized carbons (Fsp3) is 0.750. The summed E-state index contributed by atoms with van der Waals surface area (Å²) in [6.07, 6.45) is 4.30. The Hall–Kier alpha value is -1.03. The molecule has 1 heterocycles. The Balaban J connectivity index is 2.65. The van der Waals surface area contributed by atoms with Crippen LogP contribution in [-0.2, 0) is 13.0 Å². The Bertz CT molecular complexity index is 306. The highest BCUT2D eigenvalue weighted by atomic mass is 15.3. The van der Waals surface area contributed by atoms with Gasteiger partial charge in [0.05, 0.1) is 5.69 Å². The summed E-state index contributed by atoms with van der Waals surface area (Å²) < 4.78 is 2.22. The van der Waals surface area contributed by atoms with Crippen LogP contribution in [0.3, 0.4) is 0 Å². The molecule has 0 aliphatic rings. The lowest BCUT2D eigenvalue weighted by molar-refractivity contribution is 0.678. The van der Waals surface area contributed by atoms with Crippen molar-refractivity contribution >= 4 is 5.95 Å². The van der Waals surface area contributed by atoms with Gasteiger partial charge in [0, 0.05) is 26.3 Å². The number of hydrogen-bond donors (Lipinski definition) is 1. The SMILES string of the molecule is CCc1cn(CC)c(N(C)CCCNC)n1. The Morgan fingerprint density at radius 3 is 2.75 bits per heavy atom. The second-order valence-electron chi connectivity index (χ2n) is 4.05. The summed E-state index contributed by atoms with van der Waals surface area (Å²) in [5.74, 6) is 1.09. The maximum absolute atomic E-state index is 4.65. The molecule has 0 aliphatic heterocycles. The number of imidazole rings is 1. The summed E-state index contributed by atoms with van der Waals surface area (Å²) in [6.45, 7) is 7.39. The van der Waals surface area contributed by atoms with Crippen molar-refractivity contribution < 1.29 is 0 Å². The zero-order valence-electron chi connectivity index (χ0n) is 11.0. The van der Waals surface area contributed by atoms with E-state index in [-0.39, 0.29) is 0 Å². The van der Waals surface area contributed by atoms with Crippen LogP contribution in [0.5, 0.6) is 0 Å². The summed E-state index contributed by atoms with van der Waals surface area (Å²) in [6, 6.07) is 0. The Morgan fingerprint density at radius 2 is 2.19 bits per heavy atom. The molecule has 92 valence electrons. The normalized spacial score (nSPS) is 10.8. The molecule has 1 N–H and O–H groups in total. The van der Waals surface area contributed by atoms with E-state index in [1.807, 2.05) is 7.05 Å². The van der Waals surface area contributed by atoms with E-state index in [1.165, 1.54) is 5.69 Å². The lowest BCUT2D eigenvalue weighted by Gasteiger charge is -2.18. The third kappa shape index (κ3) is 3.23. The molecule has 0 bridgehead atoms. The van der Waals surface area contributed by atoms with Crippen LogP contribution in [0.25, 0.3) is 0 Å². The number of aryl methyl sites for hydroxylation is 2. The molecule has 0 radical (unpaired) electrons. The molecular formula is C12H24N4. The molecule has 1 rings (SSSR count). The molecule has 0 amide bonds. The van der Waals surface area contributed by atoms with Crippen LogP contribution in [0.15, 0.2) is 6.20 Å². The summed E-state index contributed by atoms with van der Waals surface area (Å²) in [4.78, 5) is 6.88. The largest absolute Gasteiger partial charge is 0.345 e. The van der Waals surface area contributed by atoms with Crippen LogP contribution in [0.1, 0.15) is 26.0 Å². The van der Waals surface area contributed by atoms with Gasteiger partial charge in [0.25, 0.3) is 0 Å². The topological polar surface area (TPSA) is 33.1 Å². The van der Waals surface area contributed by atoms with Crippen LogP contribution in [0, 0.1) is 0 Å². The lowest BCUT2D eigenvalue weighted by Crippen LogP contribution is -2.25. The van der Waals surface area contributed by atoms with Gasteiger partial charge >= 0.3 is 0 Å². The molecule has 4 heteroatoms. The molecule has 0 saturated carbocycles. The predicted octanol–water partition coefficient (Wildman–Crippen LogP) is 1.51. The molecule has 0 unspecified atom stereocenters. The van der Waals surface area contributed by atoms with Crippen molar-refractivity contribution in [2.24, 2.45) is 0 Å². The fourth-order valence-electron chi connectivity index (χ4n) is 1.76. The first-order chi connectivity index (χ1) is 7.72. The second kappa shape index (κ2) is 6.53. The minimum atomic E-state index is 0.985. The zero-order valence-corrected chi connectivity index (χ0v) is 11.0. The molecule has 0 aliphatic carbocycles. The maximum Gasteiger partial charge on any atom is 0.205 e. The smallest absolute Gasteiger partial charge is 0.205 e. The van der Waals surface area contributed by atoms with Crippen molar-refractivity contribution in [1.82, 2.24) is 14.9 Å². The van der Waals surface area contributed by atoms with Crippen molar-refractivity contribution in [2.45, 2.75) is 33.2 Å². The van der Waals surface area contributed by atoms with Crippen molar-refractivity contribution in [3.05, 3.63) is 11.9 Å². The van der Waals surface area contributed by atoms with E-state index in [0.717, 1.165) is 38.4 Å². The quantitative estimate of drug-likeness (QED) is 0.713. The van der Waals surface area contributed by atoms with Gasteiger partial charge in [-0.25, -0.2) is 4.98 Å². The molecular weight excluding hydrogens is 200 g/mol. The molecule has 0 fully saturated rings. The van der Waals surface area contributed by atoms with E-state index in [1.54, 1.807) is 0 Å². The van der Waals surface area contributed by atoms with Crippen LogP contribution >= 0.6 is 0 Å². The highest BCUT2D eigenvalue weighted by molar-refractivity contribution is 5.32. The Morgan fingerprint density at radius 1 is 1.44 bits per heavy atom. The molecule has 1 aromatic heterocycles. The summed E-state index contributed by atoms with van der Waals surface area (Å²) in [7, 11) is 4.10. The Kier molecular flexibility index (Phi) is 5.32. The first-order valence-electron chi connectivity index (χ1n) is 6.14. The second-order valence-corrected chi connectivity index (χ2v) is 4.05. The van der Waals surface area contributed by atoms with E-state index < -0.39 is 0 Å². The van der Waals surface area contributed by atoms with E-state index in [2.05, 4.69) is 46.9 Å². The predicted molar refractivity (Wildman–Crippen MR) is 69.1 cm³/mol. The van der Waals surface area contributed by atoms with Gasteiger partial charge in [-0.05, 0) is 33.4 Å². The van der Waals surface area contributed by atoms with E-state index in [9.17, 15) is 0 Å². The number of aromatic nitrogens is 2. The first-order valence-corrected chi connectivity index (χ1v) is 6.14. The molecule has 0 saturated heterocycles. The molecule has 0 aromatic carbocycles. The third-order valence-electron chi connectivity index (χ3n) is 2.77. The molecule has 16 heavy (non-hydrogen) atoms. The molecule has 0 atom stereocenters. The number of nitrogens with one attached hydrogen (secondary N) is 1. The van der Waals surface area contributed by atoms with Gasteiger partial charge in [0.2, 0.25) is 5.95 Å². The van der Waals surface area contributed by atoms with Gasteiger partial charge in [-0.3, -0.25) is 0 Å². The monoisotopic (exact) mass is 224 g/mol. The van der Waals surface area contributed by atoms with Crippen LogP contribution in [0.2, 0.25) is 0 Å². The highest BCUT2D eigenvalue weighted by Crippen LogP contribution is 2.13. The lowest BCUT2D eigenvalue weighted by atomic mass is 10.4. The number of anilines is 1. The van der Waals surface area contributed by atoms with Gasteiger partial charge in [0.1, 0.15) is 0 Å². The average Bonchev–Trinajstić information content (AvgIpc) is 2.72. The van der Waals surface area contributed by atoms with Gasteiger partial charge in [-0.15, -0.1) is 0 Å². The van der Waals surface area contributed by atoms with Crippen molar-refractivity contribution in [3.8, 4) is 0 Å². The molecule has 4 nitrogen and oxygen atoms in total. The van der Waals surface area contributed by atoms with Gasteiger partial charge in [-0.2, -0.15) is 0 Å². The average molecular weight is 224 g/mol. The number of hydrogen-bond acceptors (Lipinski definition) is 3. The third-order valence-corrected chi connectivity index (χ3v) is 2.77. The van der Waals surface area contributed by atoms with E-state index in [0.29, 0.717) is 0 Å². The van der Waals surface area contributed by atoms with Gasteiger partial charge in [-0.1, -0.05) is 6.92 Å². The van der Waals surface area contributed by atoms with Crippen LogP contribution in [0.4, 0.5) is 5.95 Å². The number of rotatable bonds is 7. The minimum Gasteiger partial charge on any atom is -0.345 e. The van der Waals surface area contributed by atoms with Gasteiger partial charge < -0.3 is 14.8 Å². The number of nitrogens with zero attached hydrogens (tertiary/aromatic N) is 3. The standard InChI is InChI=1S/C12H24N4/c1-5-11-10-16(6-2)12(14-11)15(4)9-7-8-13-3/h10,13H,5-9H2,1-4H3. The van der Waals surface area contributed by atoms with Crippen molar-refractivity contribution in [3.63, 3.8) is 0 Å². The highest BCUT2D eigenvalue weighted by Gasteiger charge is 2.09. The van der Waals surface area contributed by atoms with Crippen LogP contribution < -0.4 is 10.2 Å². The van der Waals surface area contributed by atoms with Crippen LogP contribution in [-0.4, -0.2) is 36.7 Å². The summed E-state index contributed by atoms with van der Waals surface area (Å²) >= 11 is 0. The zero-order chi connectivity index (χ0) is 12.0. The van der Waals surface area contributed by atoms with E-state index in [4.69, 9.17) is 0 Å². The molecule has 1 aromatic rings. The van der Waals surface area contributed by atoms with Crippen molar-refractivity contribution in [2.75, 3.05) is 32.1 Å². The van der Waals surface area contributed by atoms with Gasteiger partial charge in [0.15, 0.2) is 0 Å². The Labute approximate surface area is 98.7 Å². The van der Waals surface area contributed by atoms with E-state index >= 15 is 0 Å². The summed E-state index contributed by atoms with van der Waals surface area (Å²) in [5, 5.41) is 3.17. The molecule has 0 spiro atoms. The van der Waals surface area contributed by atoms with Crippen molar-refractivity contribution in [1.29, 1.82) is 0 Å². The minimum absolute atomic E-state index is 0.985. The summed E-state index contributed by atoms with van der Waals surface area (Å²) in [5.41, 5.74) is 1.18.